The highest BCUT2D eigenvalue weighted by Crippen LogP contribution is 2.31. The van der Waals surface area contributed by atoms with Crippen LogP contribution in [0.15, 0.2) is 12.2 Å². The fourth-order valence-electron chi connectivity index (χ4n) is 1.96. The molecule has 0 saturated heterocycles. The summed E-state index contributed by atoms with van der Waals surface area (Å²) >= 11 is 0. The molecule has 0 radical (unpaired) electrons. The molecule has 0 aromatic heterocycles. The second-order valence-corrected chi connectivity index (χ2v) is 5.54. The summed E-state index contributed by atoms with van der Waals surface area (Å²) in [6.45, 7) is 9.83. The Hall–Kier alpha value is -0.790. The Kier molecular flexibility index (Phi) is 7.94. The van der Waals surface area contributed by atoms with E-state index in [0.29, 0.717) is 5.57 Å². The van der Waals surface area contributed by atoms with E-state index in [4.69, 9.17) is 5.11 Å². The lowest BCUT2D eigenvalue weighted by atomic mass is 9.80. The number of carboxylic acid groups (broad SMARTS) is 1. The first-order chi connectivity index (χ1) is 7.91. The highest BCUT2D eigenvalue weighted by Gasteiger charge is 2.25. The predicted molar refractivity (Wildman–Crippen MR) is 73.2 cm³/mol. The molecule has 1 N–H and O–H groups in total. The molecule has 0 fully saturated rings. The van der Waals surface area contributed by atoms with Gasteiger partial charge in [0.2, 0.25) is 0 Å². The average Bonchev–Trinajstić information content (AvgIpc) is 2.26. The van der Waals surface area contributed by atoms with Crippen molar-refractivity contribution in [2.75, 3.05) is 0 Å². The first-order valence-corrected chi connectivity index (χ1v) is 6.84. The number of hydrogen-bond donors (Lipinski definition) is 1. The highest BCUT2D eigenvalue weighted by molar-refractivity contribution is 5.87. The molecule has 0 aromatic rings. The van der Waals surface area contributed by atoms with E-state index in [1.54, 1.807) is 0 Å². The first kappa shape index (κ1) is 16.2. The summed E-state index contributed by atoms with van der Waals surface area (Å²) in [6, 6.07) is 0. The van der Waals surface area contributed by atoms with E-state index in [1.165, 1.54) is 38.5 Å². The molecule has 0 aliphatic carbocycles. The third-order valence-corrected chi connectivity index (χ3v) is 3.48. The normalized spacial score (nSPS) is 11.5. The van der Waals surface area contributed by atoms with Gasteiger partial charge in [-0.1, -0.05) is 72.3 Å². The molecule has 100 valence electrons. The Morgan fingerprint density at radius 2 is 1.53 bits per heavy atom. The maximum Gasteiger partial charge on any atom is 0.331 e. The molecule has 0 spiro atoms. The zero-order chi connectivity index (χ0) is 13.3. The van der Waals surface area contributed by atoms with Crippen LogP contribution in [0.2, 0.25) is 0 Å². The van der Waals surface area contributed by atoms with Crippen molar-refractivity contribution in [2.24, 2.45) is 5.41 Å². The van der Waals surface area contributed by atoms with Crippen LogP contribution in [0.3, 0.4) is 0 Å². The van der Waals surface area contributed by atoms with Crippen molar-refractivity contribution in [1.82, 2.24) is 0 Å². The zero-order valence-corrected chi connectivity index (χ0v) is 11.7. The van der Waals surface area contributed by atoms with Crippen molar-refractivity contribution >= 4 is 5.97 Å². The van der Waals surface area contributed by atoms with Crippen LogP contribution >= 0.6 is 0 Å². The van der Waals surface area contributed by atoms with Gasteiger partial charge < -0.3 is 5.11 Å². The van der Waals surface area contributed by atoms with Crippen LogP contribution < -0.4 is 0 Å². The topological polar surface area (TPSA) is 37.3 Å². The first-order valence-electron chi connectivity index (χ1n) is 6.84. The van der Waals surface area contributed by atoms with E-state index in [-0.39, 0.29) is 5.41 Å². The van der Waals surface area contributed by atoms with Gasteiger partial charge in [-0.3, -0.25) is 0 Å². The number of rotatable bonds is 10. The fraction of sp³-hybridized carbons (Fsp3) is 0.800. The molecule has 0 rings (SSSR count). The molecule has 0 heterocycles. The summed E-state index contributed by atoms with van der Waals surface area (Å²) in [4.78, 5) is 10.9. The third-order valence-electron chi connectivity index (χ3n) is 3.48. The van der Waals surface area contributed by atoms with Crippen LogP contribution in [0.5, 0.6) is 0 Å². The Labute approximate surface area is 106 Å². The molecule has 0 aliphatic heterocycles. The van der Waals surface area contributed by atoms with Gasteiger partial charge in [0.05, 0.1) is 0 Å². The summed E-state index contributed by atoms with van der Waals surface area (Å²) in [6.07, 6.45) is 9.77. The lowest BCUT2D eigenvalue weighted by Crippen LogP contribution is -2.20. The van der Waals surface area contributed by atoms with Crippen molar-refractivity contribution in [2.45, 2.75) is 72.1 Å². The van der Waals surface area contributed by atoms with Crippen molar-refractivity contribution < 1.29 is 9.90 Å². The van der Waals surface area contributed by atoms with Crippen LogP contribution in [0.4, 0.5) is 0 Å². The van der Waals surface area contributed by atoms with Gasteiger partial charge in [0.25, 0.3) is 0 Å². The molecule has 0 aromatic carbocycles. The van der Waals surface area contributed by atoms with Crippen LogP contribution in [0.25, 0.3) is 0 Å². The van der Waals surface area contributed by atoms with Crippen molar-refractivity contribution in [3.8, 4) is 0 Å². The van der Waals surface area contributed by atoms with E-state index in [2.05, 4.69) is 13.5 Å². The molecule has 0 saturated carbocycles. The number of carbonyl (C=O) groups is 1. The smallest absolute Gasteiger partial charge is 0.331 e. The maximum absolute atomic E-state index is 10.9. The molecule has 0 amide bonds. The SMILES string of the molecule is C=C(C(=O)O)C(C)(C)CCCCCCCCC. The minimum Gasteiger partial charge on any atom is -0.478 e. The van der Waals surface area contributed by atoms with Gasteiger partial charge in [-0.2, -0.15) is 0 Å². The number of hydrogen-bond acceptors (Lipinski definition) is 1. The van der Waals surface area contributed by atoms with Crippen LogP contribution in [0.1, 0.15) is 72.1 Å². The zero-order valence-electron chi connectivity index (χ0n) is 11.7. The highest BCUT2D eigenvalue weighted by atomic mass is 16.4. The summed E-state index contributed by atoms with van der Waals surface area (Å²) in [5, 5.41) is 8.92. The Balaban J connectivity index is 3.66. The standard InChI is InChI=1S/C15H28O2/c1-5-6-7-8-9-10-11-12-15(3,4)13(2)14(16)17/h2,5-12H2,1,3-4H3,(H,16,17). The summed E-state index contributed by atoms with van der Waals surface area (Å²) in [7, 11) is 0. The number of carboxylic acids is 1. The second kappa shape index (κ2) is 8.32. The van der Waals surface area contributed by atoms with Gasteiger partial charge in [0.1, 0.15) is 0 Å². The van der Waals surface area contributed by atoms with Gasteiger partial charge in [-0.15, -0.1) is 0 Å². The Morgan fingerprint density at radius 1 is 1.06 bits per heavy atom. The van der Waals surface area contributed by atoms with Gasteiger partial charge in [0, 0.05) is 5.57 Å². The van der Waals surface area contributed by atoms with Crippen LogP contribution in [-0.2, 0) is 4.79 Å². The fourth-order valence-corrected chi connectivity index (χ4v) is 1.96. The average molecular weight is 240 g/mol. The van der Waals surface area contributed by atoms with E-state index >= 15 is 0 Å². The Morgan fingerprint density at radius 3 is 2.00 bits per heavy atom. The van der Waals surface area contributed by atoms with Crippen molar-refractivity contribution in [3.05, 3.63) is 12.2 Å². The van der Waals surface area contributed by atoms with Gasteiger partial charge in [0.15, 0.2) is 0 Å². The predicted octanol–water partition coefficient (Wildman–Crippen LogP) is 4.79. The van der Waals surface area contributed by atoms with Crippen molar-refractivity contribution in [3.63, 3.8) is 0 Å². The van der Waals surface area contributed by atoms with E-state index < -0.39 is 5.97 Å². The van der Waals surface area contributed by atoms with E-state index in [9.17, 15) is 4.79 Å². The maximum atomic E-state index is 10.9. The van der Waals surface area contributed by atoms with Gasteiger partial charge in [-0.05, 0) is 11.8 Å². The molecular weight excluding hydrogens is 212 g/mol. The van der Waals surface area contributed by atoms with E-state index in [0.717, 1.165) is 12.8 Å². The molecule has 0 unspecified atom stereocenters. The lowest BCUT2D eigenvalue weighted by Gasteiger charge is -2.24. The molecule has 17 heavy (non-hydrogen) atoms. The minimum atomic E-state index is -0.863. The van der Waals surface area contributed by atoms with E-state index in [1.807, 2.05) is 13.8 Å². The van der Waals surface area contributed by atoms with Gasteiger partial charge >= 0.3 is 5.97 Å². The summed E-state index contributed by atoms with van der Waals surface area (Å²) in [5.41, 5.74) is 0.0680. The monoisotopic (exact) mass is 240 g/mol. The lowest BCUT2D eigenvalue weighted by molar-refractivity contribution is -0.133. The van der Waals surface area contributed by atoms with Crippen LogP contribution in [0, 0.1) is 5.41 Å². The third kappa shape index (κ3) is 7.19. The van der Waals surface area contributed by atoms with Crippen molar-refractivity contribution in [1.29, 1.82) is 0 Å². The largest absolute Gasteiger partial charge is 0.478 e. The minimum absolute atomic E-state index is 0.269. The molecule has 0 atom stereocenters. The molecule has 2 nitrogen and oxygen atoms in total. The number of aliphatic carboxylic acids is 1. The molecule has 2 heteroatoms. The van der Waals surface area contributed by atoms with Crippen LogP contribution in [-0.4, -0.2) is 11.1 Å². The number of unbranched alkanes of at least 4 members (excludes halogenated alkanes) is 6. The summed E-state index contributed by atoms with van der Waals surface area (Å²) < 4.78 is 0. The quantitative estimate of drug-likeness (QED) is 0.440. The molecule has 0 aliphatic rings. The second-order valence-electron chi connectivity index (χ2n) is 5.54. The Bertz CT molecular complexity index is 241. The molecular formula is C15H28O2. The molecule has 0 bridgehead atoms. The summed E-state index contributed by atoms with van der Waals surface area (Å²) in [5.74, 6) is -0.863. The van der Waals surface area contributed by atoms with Gasteiger partial charge in [-0.25, -0.2) is 4.79 Å².